The Morgan fingerprint density at radius 1 is 0.438 bits per heavy atom. The number of aromatic nitrogens is 2. The third-order valence-electron chi connectivity index (χ3n) is 3.86. The summed E-state index contributed by atoms with van der Waals surface area (Å²) in [5, 5.41) is 0. The summed E-state index contributed by atoms with van der Waals surface area (Å²) in [5.41, 5.74) is 5.27. The Hall–Kier alpha value is -0.920. The minimum Gasteiger partial charge on any atom is -0.254 e. The molecule has 0 saturated heterocycles. The highest BCUT2D eigenvalue weighted by molar-refractivity contribution is 5.23. The third kappa shape index (κ3) is 1.98. The smallest absolute Gasteiger partial charge is 0.0622 e. The molecule has 1 heterocycles. The van der Waals surface area contributed by atoms with Gasteiger partial charge in [-0.05, 0) is 51.4 Å². The minimum atomic E-state index is 1.16. The van der Waals surface area contributed by atoms with Crippen molar-refractivity contribution in [2.24, 2.45) is 0 Å². The topological polar surface area (TPSA) is 25.8 Å². The molecular weight excluding hydrogens is 196 g/mol. The van der Waals surface area contributed by atoms with E-state index in [1.54, 1.807) is 0 Å². The van der Waals surface area contributed by atoms with Crippen LogP contribution in [0.5, 0.6) is 0 Å². The fourth-order valence-electron chi connectivity index (χ4n) is 2.91. The first kappa shape index (κ1) is 10.2. The molecule has 2 aliphatic rings. The zero-order chi connectivity index (χ0) is 10.8. The second kappa shape index (κ2) is 4.52. The van der Waals surface area contributed by atoms with Crippen molar-refractivity contribution in [3.05, 3.63) is 22.8 Å². The van der Waals surface area contributed by atoms with Crippen LogP contribution < -0.4 is 0 Å². The molecule has 16 heavy (non-hydrogen) atoms. The number of aryl methyl sites for hydroxylation is 4. The standard InChI is InChI=1S/C14H20N2/c1-3-7-11-12(8-4-1)16-14-10-6-2-5-9-13(14)15-11/h1-10H2. The molecule has 0 spiro atoms. The second-order valence-corrected chi connectivity index (χ2v) is 5.13. The average Bonchev–Trinajstić information content (AvgIpc) is 2.64. The Kier molecular flexibility index (Phi) is 2.90. The lowest BCUT2D eigenvalue weighted by atomic mass is 10.1. The van der Waals surface area contributed by atoms with Gasteiger partial charge in [0, 0.05) is 0 Å². The molecule has 2 nitrogen and oxygen atoms in total. The Labute approximate surface area is 97.5 Å². The van der Waals surface area contributed by atoms with E-state index >= 15 is 0 Å². The van der Waals surface area contributed by atoms with Crippen LogP contribution in [0.25, 0.3) is 0 Å². The van der Waals surface area contributed by atoms with Gasteiger partial charge in [-0.2, -0.15) is 0 Å². The van der Waals surface area contributed by atoms with Gasteiger partial charge in [0.25, 0.3) is 0 Å². The van der Waals surface area contributed by atoms with Crippen molar-refractivity contribution in [1.29, 1.82) is 0 Å². The van der Waals surface area contributed by atoms with Gasteiger partial charge in [-0.15, -0.1) is 0 Å². The van der Waals surface area contributed by atoms with Crippen LogP contribution in [0.1, 0.15) is 61.3 Å². The van der Waals surface area contributed by atoms with Crippen LogP contribution in [0.3, 0.4) is 0 Å². The highest BCUT2D eigenvalue weighted by atomic mass is 14.9. The van der Waals surface area contributed by atoms with E-state index in [-0.39, 0.29) is 0 Å². The molecule has 0 radical (unpaired) electrons. The van der Waals surface area contributed by atoms with Gasteiger partial charge in [0.05, 0.1) is 22.8 Å². The van der Waals surface area contributed by atoms with Crippen molar-refractivity contribution < 1.29 is 0 Å². The van der Waals surface area contributed by atoms with E-state index < -0.39 is 0 Å². The van der Waals surface area contributed by atoms with Crippen LogP contribution in [0.4, 0.5) is 0 Å². The lowest BCUT2D eigenvalue weighted by Crippen LogP contribution is -2.08. The van der Waals surface area contributed by atoms with E-state index in [2.05, 4.69) is 0 Å². The highest BCUT2D eigenvalue weighted by Gasteiger charge is 2.16. The molecule has 0 unspecified atom stereocenters. The van der Waals surface area contributed by atoms with Crippen LogP contribution in [-0.2, 0) is 25.7 Å². The maximum Gasteiger partial charge on any atom is 0.0622 e. The normalized spacial score (nSPS) is 20.5. The van der Waals surface area contributed by atoms with Gasteiger partial charge in [0.1, 0.15) is 0 Å². The third-order valence-corrected chi connectivity index (χ3v) is 3.86. The van der Waals surface area contributed by atoms with Crippen molar-refractivity contribution in [3.8, 4) is 0 Å². The van der Waals surface area contributed by atoms with E-state index in [0.717, 1.165) is 25.7 Å². The summed E-state index contributed by atoms with van der Waals surface area (Å²) in [6, 6.07) is 0. The van der Waals surface area contributed by atoms with Crippen LogP contribution in [0.2, 0.25) is 0 Å². The first-order chi connectivity index (χ1) is 7.93. The van der Waals surface area contributed by atoms with Crippen molar-refractivity contribution >= 4 is 0 Å². The van der Waals surface area contributed by atoms with Gasteiger partial charge in [-0.3, -0.25) is 9.97 Å². The quantitative estimate of drug-likeness (QED) is 0.623. The predicted molar refractivity (Wildman–Crippen MR) is 64.6 cm³/mol. The second-order valence-electron chi connectivity index (χ2n) is 5.13. The van der Waals surface area contributed by atoms with Crippen LogP contribution in [-0.4, -0.2) is 9.97 Å². The van der Waals surface area contributed by atoms with Crippen molar-refractivity contribution in [2.75, 3.05) is 0 Å². The van der Waals surface area contributed by atoms with E-state index in [9.17, 15) is 0 Å². The maximum absolute atomic E-state index is 4.91. The highest BCUT2D eigenvalue weighted by Crippen LogP contribution is 2.23. The molecule has 1 aromatic rings. The molecule has 0 fully saturated rings. The molecule has 2 heteroatoms. The monoisotopic (exact) mass is 216 g/mol. The van der Waals surface area contributed by atoms with Gasteiger partial charge in [-0.1, -0.05) is 12.8 Å². The Balaban J connectivity index is 2.00. The van der Waals surface area contributed by atoms with Crippen molar-refractivity contribution in [2.45, 2.75) is 64.2 Å². The Morgan fingerprint density at radius 2 is 0.750 bits per heavy atom. The molecule has 3 rings (SSSR count). The summed E-state index contributed by atoms with van der Waals surface area (Å²) in [5.74, 6) is 0. The zero-order valence-corrected chi connectivity index (χ0v) is 9.97. The molecule has 86 valence electrons. The Bertz CT molecular complexity index is 316. The molecule has 2 aliphatic carbocycles. The molecule has 0 bridgehead atoms. The van der Waals surface area contributed by atoms with Gasteiger partial charge in [-0.25, -0.2) is 0 Å². The molecule has 0 aliphatic heterocycles. The molecule has 0 aromatic carbocycles. The van der Waals surface area contributed by atoms with Gasteiger partial charge in [0.15, 0.2) is 0 Å². The lowest BCUT2D eigenvalue weighted by molar-refractivity contribution is 0.697. The summed E-state index contributed by atoms with van der Waals surface area (Å²) in [4.78, 5) is 9.82. The van der Waals surface area contributed by atoms with E-state index in [4.69, 9.17) is 9.97 Å². The lowest BCUT2D eigenvalue weighted by Gasteiger charge is -2.10. The zero-order valence-electron chi connectivity index (χ0n) is 9.97. The number of hydrogen-bond donors (Lipinski definition) is 0. The van der Waals surface area contributed by atoms with E-state index in [1.807, 2.05) is 0 Å². The number of hydrogen-bond acceptors (Lipinski definition) is 2. The van der Waals surface area contributed by atoms with E-state index in [1.165, 1.54) is 61.3 Å². The van der Waals surface area contributed by atoms with Gasteiger partial charge in [0.2, 0.25) is 0 Å². The predicted octanol–water partition coefficient (Wildman–Crippen LogP) is 3.01. The van der Waals surface area contributed by atoms with E-state index in [0.29, 0.717) is 0 Å². The molecule has 0 saturated carbocycles. The fourth-order valence-corrected chi connectivity index (χ4v) is 2.91. The maximum atomic E-state index is 4.91. The van der Waals surface area contributed by atoms with Crippen LogP contribution >= 0.6 is 0 Å². The fraction of sp³-hybridized carbons (Fsp3) is 0.714. The average molecular weight is 216 g/mol. The van der Waals surface area contributed by atoms with Crippen molar-refractivity contribution in [1.82, 2.24) is 9.97 Å². The molecule has 1 aromatic heterocycles. The number of fused-ring (bicyclic) bond motifs is 2. The number of rotatable bonds is 0. The largest absolute Gasteiger partial charge is 0.254 e. The summed E-state index contributed by atoms with van der Waals surface area (Å²) in [6.07, 6.45) is 12.6. The molecule has 0 N–H and O–H groups in total. The molecule has 0 atom stereocenters. The molecule has 0 amide bonds. The molecular formula is C14H20N2. The SMILES string of the molecule is C1CCc2nc3c(nc2CC1)CCCCC3. The van der Waals surface area contributed by atoms with Crippen molar-refractivity contribution in [3.63, 3.8) is 0 Å². The summed E-state index contributed by atoms with van der Waals surface area (Å²) < 4.78 is 0. The number of nitrogens with zero attached hydrogens (tertiary/aromatic N) is 2. The summed E-state index contributed by atoms with van der Waals surface area (Å²) in [7, 11) is 0. The minimum absolute atomic E-state index is 1.16. The first-order valence-corrected chi connectivity index (χ1v) is 6.81. The van der Waals surface area contributed by atoms with Crippen LogP contribution in [0, 0.1) is 0 Å². The summed E-state index contributed by atoms with van der Waals surface area (Å²) in [6.45, 7) is 0. The van der Waals surface area contributed by atoms with Crippen LogP contribution in [0.15, 0.2) is 0 Å². The van der Waals surface area contributed by atoms with Gasteiger partial charge < -0.3 is 0 Å². The first-order valence-electron chi connectivity index (χ1n) is 6.81. The van der Waals surface area contributed by atoms with Gasteiger partial charge >= 0.3 is 0 Å². The summed E-state index contributed by atoms with van der Waals surface area (Å²) >= 11 is 0. The Morgan fingerprint density at radius 3 is 1.06 bits per heavy atom.